The Kier molecular flexibility index (Phi) is 3.83. The van der Waals surface area contributed by atoms with E-state index in [1.807, 2.05) is 13.8 Å². The van der Waals surface area contributed by atoms with Crippen molar-refractivity contribution in [2.75, 3.05) is 6.54 Å². The molecule has 0 aromatic rings. The number of amides is 1. The highest BCUT2D eigenvalue weighted by atomic mass is 19.4. The minimum Gasteiger partial charge on any atom is -0.317 e. The fourth-order valence-electron chi connectivity index (χ4n) is 1.84. The minimum atomic E-state index is -4.34. The summed E-state index contributed by atoms with van der Waals surface area (Å²) >= 11 is 0. The molecule has 1 saturated heterocycles. The molecule has 1 fully saturated rings. The first-order valence-electron chi connectivity index (χ1n) is 5.39. The quantitative estimate of drug-likeness (QED) is 0.812. The molecule has 1 rings (SSSR count). The van der Waals surface area contributed by atoms with E-state index in [1.165, 1.54) is 0 Å². The number of halogens is 3. The Hall–Kier alpha value is -0.780. The van der Waals surface area contributed by atoms with Gasteiger partial charge in [-0.2, -0.15) is 13.2 Å². The van der Waals surface area contributed by atoms with E-state index in [2.05, 4.69) is 5.32 Å². The third-order valence-corrected chi connectivity index (χ3v) is 3.00. The van der Waals surface area contributed by atoms with E-state index >= 15 is 0 Å². The van der Waals surface area contributed by atoms with Gasteiger partial charge in [-0.3, -0.25) is 10.1 Å². The zero-order chi connectivity index (χ0) is 12.5. The molecule has 0 radical (unpaired) electrons. The predicted molar refractivity (Wildman–Crippen MR) is 53.6 cm³/mol. The van der Waals surface area contributed by atoms with Crippen LogP contribution in [0, 0.1) is 5.92 Å². The van der Waals surface area contributed by atoms with Gasteiger partial charge in [0, 0.05) is 0 Å². The molecule has 1 N–H and O–H groups in total. The van der Waals surface area contributed by atoms with Crippen molar-refractivity contribution in [2.45, 2.75) is 45.6 Å². The lowest BCUT2D eigenvalue weighted by molar-refractivity contribution is -0.161. The van der Waals surface area contributed by atoms with Crippen LogP contribution in [0.15, 0.2) is 0 Å². The highest BCUT2D eigenvalue weighted by Crippen LogP contribution is 2.24. The van der Waals surface area contributed by atoms with Crippen LogP contribution in [0.1, 0.15) is 27.2 Å². The van der Waals surface area contributed by atoms with Gasteiger partial charge in [0.2, 0.25) is 5.91 Å². The lowest BCUT2D eigenvalue weighted by Crippen LogP contribution is -2.41. The van der Waals surface area contributed by atoms with E-state index in [0.29, 0.717) is 0 Å². The Morgan fingerprint density at radius 2 is 2.06 bits per heavy atom. The van der Waals surface area contributed by atoms with Gasteiger partial charge in [0.1, 0.15) is 6.54 Å². The van der Waals surface area contributed by atoms with Gasteiger partial charge in [-0.25, -0.2) is 0 Å². The number of carbonyl (C=O) groups is 1. The van der Waals surface area contributed by atoms with Crippen LogP contribution in [0.4, 0.5) is 13.2 Å². The Labute approximate surface area is 93.0 Å². The van der Waals surface area contributed by atoms with Crippen LogP contribution < -0.4 is 5.32 Å². The summed E-state index contributed by atoms with van der Waals surface area (Å²) in [6.45, 7) is 4.18. The molecule has 3 unspecified atom stereocenters. The highest BCUT2D eigenvalue weighted by Gasteiger charge is 2.43. The largest absolute Gasteiger partial charge is 0.406 e. The minimum absolute atomic E-state index is 0.0492. The van der Waals surface area contributed by atoms with Gasteiger partial charge in [0.25, 0.3) is 0 Å². The zero-order valence-electron chi connectivity index (χ0n) is 9.64. The molecule has 1 aliphatic heterocycles. The van der Waals surface area contributed by atoms with Crippen molar-refractivity contribution in [3.8, 4) is 0 Å². The molecule has 0 aromatic heterocycles. The Morgan fingerprint density at radius 3 is 2.50 bits per heavy atom. The fourth-order valence-corrected chi connectivity index (χ4v) is 1.84. The number of hydrogen-bond donors (Lipinski definition) is 1. The SMILES string of the molecule is CCC(C)C1NC(C)N(CC(F)(F)F)C1=O. The second-order valence-corrected chi connectivity index (χ2v) is 4.29. The van der Waals surface area contributed by atoms with Crippen LogP contribution in [0.5, 0.6) is 0 Å². The molecule has 16 heavy (non-hydrogen) atoms. The molecule has 0 aromatic carbocycles. The van der Waals surface area contributed by atoms with Gasteiger partial charge >= 0.3 is 6.18 Å². The van der Waals surface area contributed by atoms with E-state index in [1.54, 1.807) is 6.92 Å². The number of nitrogens with one attached hydrogen (secondary N) is 1. The number of nitrogens with zero attached hydrogens (tertiary/aromatic N) is 1. The lowest BCUT2D eigenvalue weighted by atomic mass is 9.99. The molecule has 94 valence electrons. The van der Waals surface area contributed by atoms with E-state index in [9.17, 15) is 18.0 Å². The third-order valence-electron chi connectivity index (χ3n) is 3.00. The smallest absolute Gasteiger partial charge is 0.317 e. The summed E-state index contributed by atoms with van der Waals surface area (Å²) in [4.78, 5) is 12.6. The summed E-state index contributed by atoms with van der Waals surface area (Å²) < 4.78 is 36.7. The third kappa shape index (κ3) is 2.87. The van der Waals surface area contributed by atoms with Crippen molar-refractivity contribution in [1.29, 1.82) is 0 Å². The van der Waals surface area contributed by atoms with Gasteiger partial charge in [0.15, 0.2) is 0 Å². The first-order chi connectivity index (χ1) is 7.26. The first-order valence-corrected chi connectivity index (χ1v) is 5.39. The molecule has 0 saturated carbocycles. The molecule has 1 aliphatic rings. The van der Waals surface area contributed by atoms with E-state index in [4.69, 9.17) is 0 Å². The van der Waals surface area contributed by atoms with E-state index < -0.39 is 30.8 Å². The van der Waals surface area contributed by atoms with Crippen molar-refractivity contribution in [2.24, 2.45) is 5.92 Å². The number of rotatable bonds is 3. The van der Waals surface area contributed by atoms with Gasteiger partial charge in [-0.15, -0.1) is 0 Å². The number of carbonyl (C=O) groups excluding carboxylic acids is 1. The molecular formula is C10H17F3N2O. The average Bonchev–Trinajstić information content (AvgIpc) is 2.42. The Morgan fingerprint density at radius 1 is 1.50 bits per heavy atom. The average molecular weight is 238 g/mol. The first kappa shape index (κ1) is 13.3. The normalized spacial score (nSPS) is 28.6. The van der Waals surface area contributed by atoms with Crippen molar-refractivity contribution in [3.63, 3.8) is 0 Å². The second kappa shape index (κ2) is 4.61. The molecule has 3 nitrogen and oxygen atoms in total. The molecule has 0 aliphatic carbocycles. The summed E-state index contributed by atoms with van der Waals surface area (Å²) in [6.07, 6.45) is -4.13. The molecule has 0 spiro atoms. The van der Waals surface area contributed by atoms with Gasteiger partial charge in [-0.05, 0) is 12.8 Å². The standard InChI is InChI=1S/C10H17F3N2O/c1-4-6(2)8-9(16)15(7(3)14-8)5-10(11,12)13/h6-8,14H,4-5H2,1-3H3. The second-order valence-electron chi connectivity index (χ2n) is 4.29. The van der Waals surface area contributed by atoms with Crippen LogP contribution in [0.25, 0.3) is 0 Å². The topological polar surface area (TPSA) is 32.3 Å². The molecule has 3 atom stereocenters. The summed E-state index contributed by atoms with van der Waals surface area (Å²) in [5.41, 5.74) is 0. The van der Waals surface area contributed by atoms with Gasteiger partial charge < -0.3 is 4.90 Å². The van der Waals surface area contributed by atoms with Crippen LogP contribution in [-0.2, 0) is 4.79 Å². The maximum absolute atomic E-state index is 12.2. The zero-order valence-corrected chi connectivity index (χ0v) is 9.64. The molecule has 1 heterocycles. The highest BCUT2D eigenvalue weighted by molar-refractivity contribution is 5.84. The fraction of sp³-hybridized carbons (Fsp3) is 0.900. The maximum Gasteiger partial charge on any atom is 0.406 e. The maximum atomic E-state index is 12.2. The van der Waals surface area contributed by atoms with Crippen molar-refractivity contribution in [3.05, 3.63) is 0 Å². The lowest BCUT2D eigenvalue weighted by Gasteiger charge is -2.22. The molecule has 0 bridgehead atoms. The Bertz CT molecular complexity index is 267. The van der Waals surface area contributed by atoms with E-state index in [-0.39, 0.29) is 5.92 Å². The molecule has 1 amide bonds. The number of hydrogen-bond acceptors (Lipinski definition) is 2. The van der Waals surface area contributed by atoms with Crippen LogP contribution in [0.3, 0.4) is 0 Å². The monoisotopic (exact) mass is 238 g/mol. The van der Waals surface area contributed by atoms with Crippen molar-refractivity contribution < 1.29 is 18.0 Å². The Balaban J connectivity index is 2.71. The van der Waals surface area contributed by atoms with Crippen LogP contribution in [0.2, 0.25) is 0 Å². The van der Waals surface area contributed by atoms with Crippen molar-refractivity contribution >= 4 is 5.91 Å². The van der Waals surface area contributed by atoms with Crippen LogP contribution >= 0.6 is 0 Å². The van der Waals surface area contributed by atoms with E-state index in [0.717, 1.165) is 11.3 Å². The summed E-state index contributed by atoms with van der Waals surface area (Å²) in [5.74, 6) is -0.396. The van der Waals surface area contributed by atoms with Gasteiger partial charge in [0.05, 0.1) is 12.2 Å². The molecule has 6 heteroatoms. The number of alkyl halides is 3. The van der Waals surface area contributed by atoms with Gasteiger partial charge in [-0.1, -0.05) is 20.3 Å². The van der Waals surface area contributed by atoms with Crippen LogP contribution in [-0.4, -0.2) is 35.7 Å². The van der Waals surface area contributed by atoms with Crippen molar-refractivity contribution in [1.82, 2.24) is 10.2 Å². The molecular weight excluding hydrogens is 221 g/mol. The summed E-state index contributed by atoms with van der Waals surface area (Å²) in [6, 6.07) is -0.484. The summed E-state index contributed by atoms with van der Waals surface area (Å²) in [7, 11) is 0. The summed E-state index contributed by atoms with van der Waals surface area (Å²) in [5, 5.41) is 2.90. The predicted octanol–water partition coefficient (Wildman–Crippen LogP) is 1.74.